The summed E-state index contributed by atoms with van der Waals surface area (Å²) in [5.41, 5.74) is 0.690. The predicted octanol–water partition coefficient (Wildman–Crippen LogP) is 3.11. The van der Waals surface area contributed by atoms with Crippen LogP contribution in [0.15, 0.2) is 47.4 Å². The van der Waals surface area contributed by atoms with E-state index in [4.69, 9.17) is 16.3 Å². The van der Waals surface area contributed by atoms with E-state index in [0.717, 1.165) is 18.1 Å². The van der Waals surface area contributed by atoms with Gasteiger partial charge in [0.15, 0.2) is 5.75 Å². The Balaban J connectivity index is 1.56. The maximum atomic E-state index is 12.9. The first kappa shape index (κ1) is 24.0. The summed E-state index contributed by atoms with van der Waals surface area (Å²) in [7, 11) is -2.64. The molecule has 172 valence electrons. The first-order valence-corrected chi connectivity index (χ1v) is 11.9. The minimum absolute atomic E-state index is 0.0111. The van der Waals surface area contributed by atoms with E-state index in [9.17, 15) is 23.3 Å². The zero-order chi connectivity index (χ0) is 23.3. The standard InChI is InChI=1S/C21H24ClN3O6S/c1-31-20-10-9-18(15-19(20)25(27)28)32(29,30)24-13-11-23(12-14-24)21(26)4-2-3-16-5-7-17(22)8-6-16/h5-10,15H,2-4,11-14H2,1H3. The van der Waals surface area contributed by atoms with Gasteiger partial charge in [-0.3, -0.25) is 14.9 Å². The normalized spacial score (nSPS) is 14.9. The molecule has 1 heterocycles. The van der Waals surface area contributed by atoms with Gasteiger partial charge in [-0.2, -0.15) is 4.31 Å². The lowest BCUT2D eigenvalue weighted by Gasteiger charge is -2.34. The lowest BCUT2D eigenvalue weighted by molar-refractivity contribution is -0.386. The highest BCUT2D eigenvalue weighted by atomic mass is 35.5. The molecule has 9 nitrogen and oxygen atoms in total. The van der Waals surface area contributed by atoms with Crippen molar-refractivity contribution in [3.8, 4) is 5.75 Å². The second kappa shape index (κ2) is 10.3. The van der Waals surface area contributed by atoms with Crippen molar-refractivity contribution >= 4 is 33.2 Å². The topological polar surface area (TPSA) is 110 Å². The van der Waals surface area contributed by atoms with Gasteiger partial charge < -0.3 is 9.64 Å². The first-order valence-electron chi connectivity index (χ1n) is 10.1. The van der Waals surface area contributed by atoms with Crippen LogP contribution in [0.25, 0.3) is 0 Å². The summed E-state index contributed by atoms with van der Waals surface area (Å²) < 4.78 is 32.1. The number of sulfonamides is 1. The van der Waals surface area contributed by atoms with Gasteiger partial charge in [-0.15, -0.1) is 0 Å². The fraction of sp³-hybridized carbons (Fsp3) is 0.381. The van der Waals surface area contributed by atoms with Crippen molar-refractivity contribution in [1.29, 1.82) is 0 Å². The highest BCUT2D eigenvalue weighted by molar-refractivity contribution is 7.89. The van der Waals surface area contributed by atoms with E-state index in [-0.39, 0.29) is 42.7 Å². The lowest BCUT2D eigenvalue weighted by atomic mass is 10.1. The molecule has 11 heteroatoms. The van der Waals surface area contributed by atoms with E-state index in [0.29, 0.717) is 17.9 Å². The van der Waals surface area contributed by atoms with Gasteiger partial charge in [-0.1, -0.05) is 23.7 Å². The molecule has 1 saturated heterocycles. The Hall–Kier alpha value is -2.69. The van der Waals surface area contributed by atoms with E-state index in [1.54, 1.807) is 4.90 Å². The molecule has 0 spiro atoms. The summed E-state index contributed by atoms with van der Waals surface area (Å²) in [6.45, 7) is 0.810. The van der Waals surface area contributed by atoms with Crippen LogP contribution in [0.4, 0.5) is 5.69 Å². The number of hydrogen-bond acceptors (Lipinski definition) is 6. The molecular weight excluding hydrogens is 458 g/mol. The molecule has 0 unspecified atom stereocenters. The predicted molar refractivity (Wildman–Crippen MR) is 119 cm³/mol. The van der Waals surface area contributed by atoms with Crippen LogP contribution in [0.1, 0.15) is 18.4 Å². The van der Waals surface area contributed by atoms with E-state index in [2.05, 4.69) is 0 Å². The molecular formula is C21H24ClN3O6S. The Labute approximate surface area is 191 Å². The molecule has 0 aliphatic carbocycles. The number of carbonyl (C=O) groups excluding carboxylic acids is 1. The summed E-state index contributed by atoms with van der Waals surface area (Å²) >= 11 is 5.87. The van der Waals surface area contributed by atoms with Gasteiger partial charge in [-0.25, -0.2) is 8.42 Å². The van der Waals surface area contributed by atoms with Gasteiger partial charge in [0.2, 0.25) is 15.9 Å². The molecule has 1 fully saturated rings. The number of aryl methyl sites for hydroxylation is 1. The number of halogens is 1. The second-order valence-corrected chi connectivity index (χ2v) is 9.73. The second-order valence-electron chi connectivity index (χ2n) is 7.36. The summed E-state index contributed by atoms with van der Waals surface area (Å²) in [5, 5.41) is 11.9. The molecule has 1 aliphatic rings. The third kappa shape index (κ3) is 5.56. The molecule has 1 aliphatic heterocycles. The lowest BCUT2D eigenvalue weighted by Crippen LogP contribution is -2.50. The van der Waals surface area contributed by atoms with E-state index in [1.807, 2.05) is 24.3 Å². The van der Waals surface area contributed by atoms with Gasteiger partial charge in [0.25, 0.3) is 0 Å². The summed E-state index contributed by atoms with van der Waals surface area (Å²) in [5.74, 6) is -0.0286. The number of ether oxygens (including phenoxy) is 1. The number of hydrogen-bond donors (Lipinski definition) is 0. The molecule has 2 aromatic rings. The van der Waals surface area contributed by atoms with Gasteiger partial charge in [0, 0.05) is 43.7 Å². The van der Waals surface area contributed by atoms with Crippen LogP contribution in [0.5, 0.6) is 5.75 Å². The average Bonchev–Trinajstić information content (AvgIpc) is 2.79. The fourth-order valence-corrected chi connectivity index (χ4v) is 5.12. The Morgan fingerprint density at radius 1 is 1.12 bits per heavy atom. The van der Waals surface area contributed by atoms with Gasteiger partial charge in [0.1, 0.15) is 0 Å². The number of piperazine rings is 1. The molecule has 1 amide bonds. The fourth-order valence-electron chi connectivity index (χ4n) is 3.55. The number of benzene rings is 2. The van der Waals surface area contributed by atoms with Gasteiger partial charge >= 0.3 is 5.69 Å². The number of nitrogens with zero attached hydrogens (tertiary/aromatic N) is 3. The molecule has 3 rings (SSSR count). The van der Waals surface area contributed by atoms with Crippen LogP contribution in [-0.4, -0.2) is 61.7 Å². The first-order chi connectivity index (χ1) is 15.2. The van der Waals surface area contributed by atoms with Crippen molar-refractivity contribution in [2.75, 3.05) is 33.3 Å². The van der Waals surface area contributed by atoms with E-state index >= 15 is 0 Å². The minimum atomic E-state index is -3.92. The maximum Gasteiger partial charge on any atom is 0.312 e. The maximum absolute atomic E-state index is 12.9. The highest BCUT2D eigenvalue weighted by Crippen LogP contribution is 2.30. The minimum Gasteiger partial charge on any atom is -0.490 e. The van der Waals surface area contributed by atoms with Crippen LogP contribution in [0, 0.1) is 10.1 Å². The molecule has 0 N–H and O–H groups in total. The molecule has 0 saturated carbocycles. The molecule has 2 aromatic carbocycles. The number of amides is 1. The van der Waals surface area contributed by atoms with Gasteiger partial charge in [0.05, 0.1) is 16.9 Å². The SMILES string of the molecule is COc1ccc(S(=O)(=O)N2CCN(C(=O)CCCc3ccc(Cl)cc3)CC2)cc1[N+](=O)[O-]. The monoisotopic (exact) mass is 481 g/mol. The summed E-state index contributed by atoms with van der Waals surface area (Å²) in [6.07, 6.45) is 1.82. The number of carbonyl (C=O) groups is 1. The zero-order valence-corrected chi connectivity index (χ0v) is 19.1. The Bertz CT molecular complexity index is 1080. The Kier molecular flexibility index (Phi) is 7.70. The summed E-state index contributed by atoms with van der Waals surface area (Å²) in [6, 6.07) is 11.1. The van der Waals surface area contributed by atoms with Crippen molar-refractivity contribution in [2.45, 2.75) is 24.2 Å². The van der Waals surface area contributed by atoms with Crippen molar-refractivity contribution in [1.82, 2.24) is 9.21 Å². The number of nitro groups is 1. The van der Waals surface area contributed by atoms with Crippen LogP contribution < -0.4 is 4.74 Å². The van der Waals surface area contributed by atoms with Crippen LogP contribution in [-0.2, 0) is 21.2 Å². The molecule has 0 bridgehead atoms. The van der Waals surface area contributed by atoms with E-state index < -0.39 is 20.6 Å². The van der Waals surface area contributed by atoms with Crippen molar-refractivity contribution in [3.05, 3.63) is 63.2 Å². The molecule has 32 heavy (non-hydrogen) atoms. The van der Waals surface area contributed by atoms with Gasteiger partial charge in [-0.05, 0) is 42.7 Å². The van der Waals surface area contributed by atoms with Crippen molar-refractivity contribution in [3.63, 3.8) is 0 Å². The number of nitro benzene ring substituents is 1. The summed E-state index contributed by atoms with van der Waals surface area (Å²) in [4.78, 5) is 24.5. The van der Waals surface area contributed by atoms with Crippen molar-refractivity contribution in [2.24, 2.45) is 0 Å². The quantitative estimate of drug-likeness (QED) is 0.423. The van der Waals surface area contributed by atoms with Crippen LogP contribution >= 0.6 is 11.6 Å². The molecule has 0 aromatic heterocycles. The van der Waals surface area contributed by atoms with Crippen LogP contribution in [0.3, 0.4) is 0 Å². The number of rotatable bonds is 8. The smallest absolute Gasteiger partial charge is 0.312 e. The number of methoxy groups -OCH3 is 1. The average molecular weight is 482 g/mol. The zero-order valence-electron chi connectivity index (χ0n) is 17.6. The third-order valence-electron chi connectivity index (χ3n) is 5.35. The van der Waals surface area contributed by atoms with Crippen LogP contribution in [0.2, 0.25) is 5.02 Å². The third-order valence-corrected chi connectivity index (χ3v) is 7.49. The van der Waals surface area contributed by atoms with Crippen molar-refractivity contribution < 1.29 is 22.9 Å². The molecule has 0 atom stereocenters. The Morgan fingerprint density at radius 2 is 1.78 bits per heavy atom. The highest BCUT2D eigenvalue weighted by Gasteiger charge is 2.31. The van der Waals surface area contributed by atoms with E-state index in [1.165, 1.54) is 23.5 Å². The largest absolute Gasteiger partial charge is 0.490 e. The molecule has 0 radical (unpaired) electrons. The Morgan fingerprint density at radius 3 is 2.38 bits per heavy atom.